The second kappa shape index (κ2) is 7.68. The SMILES string of the molecule is OB1OCc2ccc(C(O)c3ccc(SCc4ccccc4)cc3)cc21. The van der Waals surface area contributed by atoms with Gasteiger partial charge in [0.15, 0.2) is 0 Å². The van der Waals surface area contributed by atoms with Crippen LogP contribution in [-0.4, -0.2) is 17.2 Å². The molecule has 1 aliphatic rings. The molecule has 3 nitrogen and oxygen atoms in total. The van der Waals surface area contributed by atoms with E-state index < -0.39 is 13.2 Å². The third kappa shape index (κ3) is 3.71. The predicted molar refractivity (Wildman–Crippen MR) is 105 cm³/mol. The summed E-state index contributed by atoms with van der Waals surface area (Å²) >= 11 is 1.78. The Hall–Kier alpha value is -2.05. The Morgan fingerprint density at radius 2 is 1.69 bits per heavy atom. The number of hydrogen-bond donors (Lipinski definition) is 2. The monoisotopic (exact) mass is 362 g/mol. The number of rotatable bonds is 5. The molecule has 4 rings (SSSR count). The van der Waals surface area contributed by atoms with Crippen molar-refractivity contribution in [2.24, 2.45) is 0 Å². The summed E-state index contributed by atoms with van der Waals surface area (Å²) < 4.78 is 5.21. The Kier molecular flexibility index (Phi) is 5.13. The highest BCUT2D eigenvalue weighted by atomic mass is 32.2. The summed E-state index contributed by atoms with van der Waals surface area (Å²) in [6.45, 7) is 0.417. The quantitative estimate of drug-likeness (QED) is 0.540. The van der Waals surface area contributed by atoms with Crippen molar-refractivity contribution in [2.45, 2.75) is 23.4 Å². The fraction of sp³-hybridized carbons (Fsp3) is 0.143. The fourth-order valence-electron chi connectivity index (χ4n) is 3.08. The van der Waals surface area contributed by atoms with Gasteiger partial charge in [-0.15, -0.1) is 11.8 Å². The van der Waals surface area contributed by atoms with Crippen LogP contribution < -0.4 is 5.46 Å². The van der Waals surface area contributed by atoms with Crippen LogP contribution in [0, 0.1) is 0 Å². The number of benzene rings is 3. The first kappa shape index (κ1) is 17.4. The maximum absolute atomic E-state index is 10.7. The lowest BCUT2D eigenvalue weighted by molar-refractivity contribution is 0.220. The summed E-state index contributed by atoms with van der Waals surface area (Å²) in [6, 6.07) is 24.0. The van der Waals surface area contributed by atoms with Crippen LogP contribution in [0.25, 0.3) is 0 Å². The maximum atomic E-state index is 10.7. The van der Waals surface area contributed by atoms with E-state index in [4.69, 9.17) is 4.65 Å². The van der Waals surface area contributed by atoms with Gasteiger partial charge < -0.3 is 14.8 Å². The van der Waals surface area contributed by atoms with Crippen LogP contribution in [-0.2, 0) is 17.0 Å². The van der Waals surface area contributed by atoms with Crippen molar-refractivity contribution >= 4 is 24.3 Å². The molecule has 0 fully saturated rings. The van der Waals surface area contributed by atoms with Gasteiger partial charge in [-0.2, -0.15) is 0 Å². The third-order valence-corrected chi connectivity index (χ3v) is 5.68. The van der Waals surface area contributed by atoms with Gasteiger partial charge in [0, 0.05) is 10.6 Å². The van der Waals surface area contributed by atoms with Crippen LogP contribution in [0.15, 0.2) is 77.7 Å². The smallest absolute Gasteiger partial charge is 0.423 e. The van der Waals surface area contributed by atoms with Crippen LogP contribution in [0.5, 0.6) is 0 Å². The average Bonchev–Trinajstić information content (AvgIpc) is 3.07. The van der Waals surface area contributed by atoms with Gasteiger partial charge in [-0.3, -0.25) is 0 Å². The largest absolute Gasteiger partial charge is 0.491 e. The molecule has 0 amide bonds. The summed E-state index contributed by atoms with van der Waals surface area (Å²) in [6.07, 6.45) is -0.721. The standard InChI is InChI=1S/C21H19BO3S/c23-21(17-6-7-18-13-25-22(24)20(18)12-17)16-8-10-19(11-9-16)26-14-15-4-2-1-3-5-15/h1-12,21,23-24H,13-14H2. The zero-order chi connectivity index (χ0) is 17.9. The highest BCUT2D eigenvalue weighted by Gasteiger charge is 2.28. The Morgan fingerprint density at radius 1 is 0.962 bits per heavy atom. The Morgan fingerprint density at radius 3 is 2.46 bits per heavy atom. The Labute approximate surface area is 157 Å². The summed E-state index contributed by atoms with van der Waals surface area (Å²) in [7, 11) is -0.895. The van der Waals surface area contributed by atoms with Crippen molar-refractivity contribution < 1.29 is 14.8 Å². The van der Waals surface area contributed by atoms with Gasteiger partial charge in [0.05, 0.1) is 6.61 Å². The zero-order valence-corrected chi connectivity index (χ0v) is 15.0. The molecule has 1 aliphatic heterocycles. The molecule has 3 aromatic rings. The molecule has 2 N–H and O–H groups in total. The molecule has 0 spiro atoms. The molecule has 26 heavy (non-hydrogen) atoms. The molecule has 0 saturated carbocycles. The van der Waals surface area contributed by atoms with Crippen molar-refractivity contribution in [2.75, 3.05) is 0 Å². The third-order valence-electron chi connectivity index (χ3n) is 4.59. The molecule has 0 bridgehead atoms. The van der Waals surface area contributed by atoms with Crippen molar-refractivity contribution in [3.8, 4) is 0 Å². The van der Waals surface area contributed by atoms with Gasteiger partial charge in [0.1, 0.15) is 6.10 Å². The molecule has 0 aliphatic carbocycles. The Bertz CT molecular complexity index is 884. The van der Waals surface area contributed by atoms with E-state index in [-0.39, 0.29) is 0 Å². The van der Waals surface area contributed by atoms with E-state index >= 15 is 0 Å². The van der Waals surface area contributed by atoms with Gasteiger partial charge in [-0.25, -0.2) is 0 Å². The van der Waals surface area contributed by atoms with Crippen molar-refractivity contribution in [1.29, 1.82) is 0 Å². The van der Waals surface area contributed by atoms with Gasteiger partial charge in [-0.1, -0.05) is 60.7 Å². The lowest BCUT2D eigenvalue weighted by Crippen LogP contribution is -2.28. The highest BCUT2D eigenvalue weighted by molar-refractivity contribution is 7.98. The molecule has 1 atom stereocenters. The lowest BCUT2D eigenvalue weighted by Gasteiger charge is -2.13. The molecule has 1 unspecified atom stereocenters. The number of hydrogen-bond acceptors (Lipinski definition) is 4. The molecule has 0 radical (unpaired) electrons. The molecule has 1 heterocycles. The summed E-state index contributed by atoms with van der Waals surface area (Å²) in [4.78, 5) is 1.17. The van der Waals surface area contributed by atoms with E-state index in [0.717, 1.165) is 27.9 Å². The summed E-state index contributed by atoms with van der Waals surface area (Å²) in [5.74, 6) is 0.922. The first-order valence-corrected chi connectivity index (χ1v) is 9.56. The van der Waals surface area contributed by atoms with Crippen LogP contribution in [0.1, 0.15) is 28.4 Å². The fourth-order valence-corrected chi connectivity index (χ4v) is 3.94. The van der Waals surface area contributed by atoms with E-state index in [9.17, 15) is 10.1 Å². The predicted octanol–water partition coefficient (Wildman–Crippen LogP) is 3.28. The lowest BCUT2D eigenvalue weighted by atomic mass is 9.78. The summed E-state index contributed by atoms with van der Waals surface area (Å²) in [5, 5.41) is 20.5. The van der Waals surface area contributed by atoms with Gasteiger partial charge >= 0.3 is 7.12 Å². The van der Waals surface area contributed by atoms with Gasteiger partial charge in [0.2, 0.25) is 0 Å². The molecular formula is C21H19BO3S. The first-order valence-electron chi connectivity index (χ1n) is 8.58. The minimum atomic E-state index is -0.895. The second-order valence-corrected chi connectivity index (χ2v) is 7.42. The normalized spacial score (nSPS) is 14.3. The first-order chi connectivity index (χ1) is 12.7. The maximum Gasteiger partial charge on any atom is 0.491 e. The number of fused-ring (bicyclic) bond motifs is 1. The van der Waals surface area contributed by atoms with Crippen molar-refractivity contribution in [1.82, 2.24) is 0 Å². The van der Waals surface area contributed by atoms with E-state index in [0.29, 0.717) is 6.61 Å². The second-order valence-electron chi connectivity index (χ2n) is 6.37. The average molecular weight is 362 g/mol. The molecule has 3 aromatic carbocycles. The van der Waals surface area contributed by atoms with Gasteiger partial charge in [-0.05, 0) is 39.8 Å². The van der Waals surface area contributed by atoms with E-state index in [2.05, 4.69) is 12.1 Å². The Balaban J connectivity index is 1.45. The minimum absolute atomic E-state index is 0.417. The minimum Gasteiger partial charge on any atom is -0.423 e. The van der Waals surface area contributed by atoms with Crippen LogP contribution in [0.3, 0.4) is 0 Å². The van der Waals surface area contributed by atoms with E-state index in [1.54, 1.807) is 11.8 Å². The van der Waals surface area contributed by atoms with Crippen molar-refractivity contribution in [3.05, 3.63) is 95.1 Å². The topological polar surface area (TPSA) is 49.7 Å². The number of thioether (sulfide) groups is 1. The van der Waals surface area contributed by atoms with E-state index in [1.807, 2.05) is 60.7 Å². The molecular weight excluding hydrogens is 343 g/mol. The number of aliphatic hydroxyl groups excluding tert-OH is 1. The highest BCUT2D eigenvalue weighted by Crippen LogP contribution is 2.27. The summed E-state index contributed by atoms with van der Waals surface area (Å²) in [5.41, 5.74) is 4.61. The van der Waals surface area contributed by atoms with Crippen LogP contribution in [0.2, 0.25) is 0 Å². The van der Waals surface area contributed by atoms with Crippen LogP contribution >= 0.6 is 11.8 Å². The molecule has 0 saturated heterocycles. The van der Waals surface area contributed by atoms with Gasteiger partial charge in [0.25, 0.3) is 0 Å². The van der Waals surface area contributed by atoms with Crippen molar-refractivity contribution in [3.63, 3.8) is 0 Å². The number of aliphatic hydroxyl groups is 1. The zero-order valence-electron chi connectivity index (χ0n) is 14.2. The van der Waals surface area contributed by atoms with Crippen LogP contribution in [0.4, 0.5) is 0 Å². The van der Waals surface area contributed by atoms with E-state index in [1.165, 1.54) is 10.5 Å². The molecule has 5 heteroatoms. The molecule has 130 valence electrons. The molecule has 0 aromatic heterocycles.